The Hall–Kier alpha value is -0.610. The van der Waals surface area contributed by atoms with Crippen LogP contribution in [0.4, 0.5) is 0 Å². The van der Waals surface area contributed by atoms with Crippen LogP contribution in [0.5, 0.6) is 0 Å². The van der Waals surface area contributed by atoms with Gasteiger partial charge in [-0.15, -0.1) is 0 Å². The Bertz CT molecular complexity index is 95.7. The van der Waals surface area contributed by atoms with Gasteiger partial charge in [0.25, 0.3) is 0 Å². The molecule has 0 atom stereocenters. The molecule has 60 valence electrons. The van der Waals surface area contributed by atoms with E-state index in [2.05, 4.69) is 10.6 Å². The third kappa shape index (κ3) is 7.39. The van der Waals surface area contributed by atoms with Crippen LogP contribution in [0.1, 0.15) is 6.42 Å². The monoisotopic (exact) mass is 146 g/mol. The smallest absolute Gasteiger partial charge is 0.317 e. The first kappa shape index (κ1) is 9.39. The SMILES string of the molecule is CNCCCNCC(=O)O. The maximum absolute atomic E-state index is 9.95. The molecule has 0 saturated heterocycles. The summed E-state index contributed by atoms with van der Waals surface area (Å²) in [6.45, 7) is 1.74. The van der Waals surface area contributed by atoms with Gasteiger partial charge in [-0.3, -0.25) is 4.79 Å². The minimum atomic E-state index is -0.801. The average molecular weight is 146 g/mol. The second-order valence-electron chi connectivity index (χ2n) is 2.03. The van der Waals surface area contributed by atoms with Crippen molar-refractivity contribution < 1.29 is 9.90 Å². The summed E-state index contributed by atoms with van der Waals surface area (Å²) in [7, 11) is 1.87. The Kier molecular flexibility index (Phi) is 6.11. The first-order valence-corrected chi connectivity index (χ1v) is 3.34. The summed E-state index contributed by atoms with van der Waals surface area (Å²) in [5.41, 5.74) is 0. The van der Waals surface area contributed by atoms with Gasteiger partial charge in [0.2, 0.25) is 0 Å². The topological polar surface area (TPSA) is 61.4 Å². The lowest BCUT2D eigenvalue weighted by molar-refractivity contribution is -0.135. The standard InChI is InChI=1S/C6H14N2O2/c1-7-3-2-4-8-5-6(9)10/h7-8H,2-5H2,1H3,(H,9,10). The van der Waals surface area contributed by atoms with Crippen LogP contribution in [0.25, 0.3) is 0 Å². The average Bonchev–Trinajstić information content (AvgIpc) is 1.87. The van der Waals surface area contributed by atoms with Gasteiger partial charge in [-0.05, 0) is 26.6 Å². The van der Waals surface area contributed by atoms with E-state index >= 15 is 0 Å². The molecule has 0 radical (unpaired) electrons. The highest BCUT2D eigenvalue weighted by atomic mass is 16.4. The first-order chi connectivity index (χ1) is 4.77. The van der Waals surface area contributed by atoms with Gasteiger partial charge >= 0.3 is 5.97 Å². The van der Waals surface area contributed by atoms with Crippen LogP contribution in [0, 0.1) is 0 Å². The molecule has 0 unspecified atom stereocenters. The fraction of sp³-hybridized carbons (Fsp3) is 0.833. The molecule has 4 heteroatoms. The van der Waals surface area contributed by atoms with Crippen molar-refractivity contribution in [1.82, 2.24) is 10.6 Å². The van der Waals surface area contributed by atoms with Gasteiger partial charge in [0.05, 0.1) is 6.54 Å². The molecule has 0 bridgehead atoms. The number of carboxylic acids is 1. The minimum absolute atomic E-state index is 0.0592. The maximum atomic E-state index is 9.95. The second kappa shape index (κ2) is 6.51. The lowest BCUT2D eigenvalue weighted by atomic mass is 10.4. The molecule has 3 N–H and O–H groups in total. The molecular formula is C6H14N2O2. The van der Waals surface area contributed by atoms with Gasteiger partial charge in [0, 0.05) is 0 Å². The molecular weight excluding hydrogens is 132 g/mol. The summed E-state index contributed by atoms with van der Waals surface area (Å²) in [6, 6.07) is 0. The van der Waals surface area contributed by atoms with E-state index in [-0.39, 0.29) is 6.54 Å². The largest absolute Gasteiger partial charge is 0.480 e. The molecule has 0 heterocycles. The number of aliphatic carboxylic acids is 1. The highest BCUT2D eigenvalue weighted by Crippen LogP contribution is 1.70. The zero-order chi connectivity index (χ0) is 7.82. The third-order valence-corrected chi connectivity index (χ3v) is 1.06. The van der Waals surface area contributed by atoms with Gasteiger partial charge < -0.3 is 15.7 Å². The van der Waals surface area contributed by atoms with E-state index in [4.69, 9.17) is 5.11 Å². The highest BCUT2D eigenvalue weighted by molar-refractivity contribution is 5.68. The lowest BCUT2D eigenvalue weighted by Gasteiger charge is -1.99. The zero-order valence-corrected chi connectivity index (χ0v) is 6.18. The molecule has 0 spiro atoms. The first-order valence-electron chi connectivity index (χ1n) is 3.34. The van der Waals surface area contributed by atoms with Gasteiger partial charge in [0.1, 0.15) is 0 Å². The Morgan fingerprint density at radius 1 is 1.50 bits per heavy atom. The molecule has 0 amide bonds. The summed E-state index contributed by atoms with van der Waals surface area (Å²) < 4.78 is 0. The van der Waals surface area contributed by atoms with Crippen LogP contribution in [0.3, 0.4) is 0 Å². The zero-order valence-electron chi connectivity index (χ0n) is 6.18. The Labute approximate surface area is 60.6 Å². The van der Waals surface area contributed by atoms with Crippen LogP contribution >= 0.6 is 0 Å². The number of carbonyl (C=O) groups is 1. The normalized spacial score (nSPS) is 9.70. The Morgan fingerprint density at radius 2 is 2.20 bits per heavy atom. The van der Waals surface area contributed by atoms with Crippen molar-refractivity contribution in [2.24, 2.45) is 0 Å². The van der Waals surface area contributed by atoms with E-state index < -0.39 is 5.97 Å². The van der Waals surface area contributed by atoms with Crippen molar-refractivity contribution >= 4 is 5.97 Å². The molecule has 10 heavy (non-hydrogen) atoms. The molecule has 0 aliphatic rings. The van der Waals surface area contributed by atoms with E-state index in [1.165, 1.54) is 0 Å². The summed E-state index contributed by atoms with van der Waals surface area (Å²) >= 11 is 0. The molecule has 0 aliphatic heterocycles. The summed E-state index contributed by atoms with van der Waals surface area (Å²) in [6.07, 6.45) is 0.962. The van der Waals surface area contributed by atoms with E-state index in [1.807, 2.05) is 7.05 Å². The van der Waals surface area contributed by atoms with E-state index in [9.17, 15) is 4.79 Å². The van der Waals surface area contributed by atoms with Gasteiger partial charge in [-0.1, -0.05) is 0 Å². The summed E-state index contributed by atoms with van der Waals surface area (Å²) in [5.74, 6) is -0.801. The Balaban J connectivity index is 2.84. The van der Waals surface area contributed by atoms with Crippen molar-refractivity contribution in [2.45, 2.75) is 6.42 Å². The van der Waals surface area contributed by atoms with Crippen LogP contribution in [-0.4, -0.2) is 37.8 Å². The quantitative estimate of drug-likeness (QED) is 0.432. The fourth-order valence-electron chi connectivity index (χ4n) is 0.585. The van der Waals surface area contributed by atoms with Crippen LogP contribution in [-0.2, 0) is 4.79 Å². The molecule has 0 aromatic carbocycles. The molecule has 0 rings (SSSR count). The number of hydrogen-bond donors (Lipinski definition) is 3. The fourth-order valence-corrected chi connectivity index (χ4v) is 0.585. The van der Waals surface area contributed by atoms with Crippen molar-refractivity contribution in [2.75, 3.05) is 26.7 Å². The second-order valence-corrected chi connectivity index (χ2v) is 2.03. The van der Waals surface area contributed by atoms with Crippen LogP contribution < -0.4 is 10.6 Å². The molecule has 0 aliphatic carbocycles. The maximum Gasteiger partial charge on any atom is 0.317 e. The van der Waals surface area contributed by atoms with Crippen molar-refractivity contribution in [3.05, 3.63) is 0 Å². The minimum Gasteiger partial charge on any atom is -0.480 e. The van der Waals surface area contributed by atoms with Crippen molar-refractivity contribution in [3.8, 4) is 0 Å². The predicted octanol–water partition coefficient (Wildman–Crippen LogP) is -0.730. The summed E-state index contributed by atoms with van der Waals surface area (Å²) in [4.78, 5) is 9.95. The molecule has 0 aromatic rings. The number of rotatable bonds is 6. The number of carboxylic acid groups (broad SMARTS) is 1. The van der Waals surface area contributed by atoms with E-state index in [0.717, 1.165) is 19.5 Å². The third-order valence-electron chi connectivity index (χ3n) is 1.06. The number of nitrogens with one attached hydrogen (secondary N) is 2. The van der Waals surface area contributed by atoms with Gasteiger partial charge in [0.15, 0.2) is 0 Å². The molecule has 4 nitrogen and oxygen atoms in total. The van der Waals surface area contributed by atoms with Crippen molar-refractivity contribution in [1.29, 1.82) is 0 Å². The highest BCUT2D eigenvalue weighted by Gasteiger charge is 1.92. The summed E-state index contributed by atoms with van der Waals surface area (Å²) in [5, 5.41) is 13.9. The van der Waals surface area contributed by atoms with Crippen LogP contribution in [0.15, 0.2) is 0 Å². The molecule has 0 aromatic heterocycles. The van der Waals surface area contributed by atoms with Crippen molar-refractivity contribution in [3.63, 3.8) is 0 Å². The van der Waals surface area contributed by atoms with Gasteiger partial charge in [-0.25, -0.2) is 0 Å². The van der Waals surface area contributed by atoms with Crippen LogP contribution in [0.2, 0.25) is 0 Å². The molecule has 0 saturated carbocycles. The predicted molar refractivity (Wildman–Crippen MR) is 39.0 cm³/mol. The van der Waals surface area contributed by atoms with E-state index in [1.54, 1.807) is 0 Å². The Morgan fingerprint density at radius 3 is 2.70 bits per heavy atom. The number of hydrogen-bond acceptors (Lipinski definition) is 3. The molecule has 0 fully saturated rings. The lowest BCUT2D eigenvalue weighted by Crippen LogP contribution is -2.25. The van der Waals surface area contributed by atoms with E-state index in [0.29, 0.717) is 0 Å². The van der Waals surface area contributed by atoms with Gasteiger partial charge in [-0.2, -0.15) is 0 Å².